The van der Waals surface area contributed by atoms with Gasteiger partial charge in [-0.1, -0.05) is 12.2 Å². The van der Waals surface area contributed by atoms with Crippen LogP contribution in [0.4, 0.5) is 0 Å². The molecule has 2 unspecified atom stereocenters. The second-order valence-electron chi connectivity index (χ2n) is 3.22. The molecule has 1 saturated carbocycles. The zero-order chi connectivity index (χ0) is 6.10. The zero-order valence-corrected chi connectivity index (χ0v) is 5.72. The van der Waals surface area contributed by atoms with Crippen molar-refractivity contribution in [1.82, 2.24) is 0 Å². The number of allylic oxidation sites excluding steroid dienone is 2. The van der Waals surface area contributed by atoms with Crippen molar-refractivity contribution in [1.29, 1.82) is 0 Å². The third kappa shape index (κ3) is 0.910. The molecule has 0 aromatic rings. The first-order chi connectivity index (χ1) is 4.47. The lowest BCUT2D eigenvalue weighted by Gasteiger charge is -2.19. The molecule has 2 rings (SSSR count). The number of hydrogen-bond acceptors (Lipinski definition) is 0. The van der Waals surface area contributed by atoms with Gasteiger partial charge < -0.3 is 0 Å². The van der Waals surface area contributed by atoms with Crippen LogP contribution in [-0.4, -0.2) is 0 Å². The Hall–Kier alpha value is -0.260. The molecule has 0 amide bonds. The van der Waals surface area contributed by atoms with E-state index in [-0.39, 0.29) is 0 Å². The quantitative estimate of drug-likeness (QED) is 0.432. The van der Waals surface area contributed by atoms with E-state index in [1.54, 1.807) is 0 Å². The van der Waals surface area contributed by atoms with E-state index in [9.17, 15) is 0 Å². The topological polar surface area (TPSA) is 0 Å². The minimum Gasteiger partial charge on any atom is -0.0882 e. The average Bonchev–Trinajstić information content (AvgIpc) is 2.33. The van der Waals surface area contributed by atoms with Crippen LogP contribution in [0.25, 0.3) is 0 Å². The van der Waals surface area contributed by atoms with E-state index in [0.717, 1.165) is 11.8 Å². The van der Waals surface area contributed by atoms with Crippen LogP contribution in [0, 0.1) is 18.3 Å². The lowest BCUT2D eigenvalue weighted by atomic mass is 9.86. The van der Waals surface area contributed by atoms with Crippen molar-refractivity contribution in [3.63, 3.8) is 0 Å². The number of fused-ring (bicyclic) bond motifs is 1. The fourth-order valence-electron chi connectivity index (χ4n) is 2.03. The Morgan fingerprint density at radius 3 is 1.89 bits per heavy atom. The molecule has 0 aliphatic heterocycles. The Labute approximate surface area is 57.0 Å². The Morgan fingerprint density at radius 1 is 0.778 bits per heavy atom. The van der Waals surface area contributed by atoms with Gasteiger partial charge in [0, 0.05) is 0 Å². The molecule has 0 bridgehead atoms. The highest BCUT2D eigenvalue weighted by atomic mass is 14.3. The van der Waals surface area contributed by atoms with Crippen LogP contribution in [-0.2, 0) is 0 Å². The summed E-state index contributed by atoms with van der Waals surface area (Å²) < 4.78 is 0. The molecule has 0 aromatic heterocycles. The number of rotatable bonds is 0. The summed E-state index contributed by atoms with van der Waals surface area (Å²) in [7, 11) is 0. The molecule has 1 fully saturated rings. The van der Waals surface area contributed by atoms with Gasteiger partial charge in [0.25, 0.3) is 0 Å². The van der Waals surface area contributed by atoms with Crippen LogP contribution < -0.4 is 0 Å². The third-order valence-electron chi connectivity index (χ3n) is 2.65. The van der Waals surface area contributed by atoms with Gasteiger partial charge in [-0.3, -0.25) is 0 Å². The normalized spacial score (nSPS) is 40.9. The smallest absolute Gasteiger partial charge is 0.0319 e. The van der Waals surface area contributed by atoms with Crippen molar-refractivity contribution in [3.8, 4) is 0 Å². The standard InChI is InChI=1S/C9H13/c1-2-5-9-7-3-6-8(9)4-1/h1-3,8-9H,4-7H2. The van der Waals surface area contributed by atoms with E-state index >= 15 is 0 Å². The maximum Gasteiger partial charge on any atom is -0.0319 e. The minimum atomic E-state index is 1.02. The van der Waals surface area contributed by atoms with Crippen molar-refractivity contribution in [2.75, 3.05) is 0 Å². The van der Waals surface area contributed by atoms with Gasteiger partial charge in [0.2, 0.25) is 0 Å². The monoisotopic (exact) mass is 121 g/mol. The average molecular weight is 121 g/mol. The Bertz CT molecular complexity index is 110. The second-order valence-corrected chi connectivity index (χ2v) is 3.22. The first kappa shape index (κ1) is 5.52. The molecule has 0 N–H and O–H groups in total. The van der Waals surface area contributed by atoms with Crippen molar-refractivity contribution in [3.05, 3.63) is 18.6 Å². The molecule has 0 aromatic carbocycles. The molecule has 0 heteroatoms. The maximum absolute atomic E-state index is 2.46. The molecule has 0 heterocycles. The molecular weight excluding hydrogens is 108 g/mol. The van der Waals surface area contributed by atoms with Gasteiger partial charge in [-0.05, 0) is 43.9 Å². The summed E-state index contributed by atoms with van der Waals surface area (Å²) in [6.45, 7) is 0. The van der Waals surface area contributed by atoms with Crippen LogP contribution in [0.15, 0.2) is 12.2 Å². The highest BCUT2D eigenvalue weighted by Crippen LogP contribution is 2.38. The van der Waals surface area contributed by atoms with Crippen LogP contribution in [0.1, 0.15) is 25.7 Å². The van der Waals surface area contributed by atoms with Crippen LogP contribution in [0.2, 0.25) is 0 Å². The highest BCUT2D eigenvalue weighted by Gasteiger charge is 2.26. The largest absolute Gasteiger partial charge is 0.0882 e. The molecule has 0 spiro atoms. The van der Waals surface area contributed by atoms with Gasteiger partial charge in [-0.15, -0.1) is 0 Å². The minimum absolute atomic E-state index is 1.02. The molecular formula is C9H13. The van der Waals surface area contributed by atoms with Crippen molar-refractivity contribution in [2.45, 2.75) is 25.7 Å². The van der Waals surface area contributed by atoms with E-state index < -0.39 is 0 Å². The van der Waals surface area contributed by atoms with E-state index in [1.807, 2.05) is 0 Å². The van der Waals surface area contributed by atoms with Crippen molar-refractivity contribution < 1.29 is 0 Å². The van der Waals surface area contributed by atoms with Gasteiger partial charge in [0.05, 0.1) is 0 Å². The zero-order valence-electron chi connectivity index (χ0n) is 5.72. The second kappa shape index (κ2) is 2.17. The summed E-state index contributed by atoms with van der Waals surface area (Å²) >= 11 is 0. The fraction of sp³-hybridized carbons (Fsp3) is 0.667. The van der Waals surface area contributed by atoms with E-state index in [1.165, 1.54) is 25.7 Å². The first-order valence-electron chi connectivity index (χ1n) is 3.93. The van der Waals surface area contributed by atoms with Gasteiger partial charge in [0.1, 0.15) is 0 Å². The molecule has 0 saturated heterocycles. The lowest BCUT2D eigenvalue weighted by molar-refractivity contribution is 0.380. The molecule has 49 valence electrons. The Morgan fingerprint density at radius 2 is 1.33 bits per heavy atom. The predicted molar refractivity (Wildman–Crippen MR) is 38.9 cm³/mol. The highest BCUT2D eigenvalue weighted by molar-refractivity contribution is 5.00. The Kier molecular flexibility index (Phi) is 1.33. The summed E-state index contributed by atoms with van der Waals surface area (Å²) in [4.78, 5) is 0. The van der Waals surface area contributed by atoms with Crippen molar-refractivity contribution in [2.24, 2.45) is 11.8 Å². The van der Waals surface area contributed by atoms with Crippen LogP contribution in [0.3, 0.4) is 0 Å². The van der Waals surface area contributed by atoms with Crippen LogP contribution >= 0.6 is 0 Å². The Balaban J connectivity index is 2.07. The molecule has 2 aliphatic rings. The third-order valence-corrected chi connectivity index (χ3v) is 2.65. The van der Waals surface area contributed by atoms with Crippen molar-refractivity contribution >= 4 is 0 Å². The lowest BCUT2D eigenvalue weighted by Crippen LogP contribution is -2.08. The first-order valence-corrected chi connectivity index (χ1v) is 3.93. The summed E-state index contributed by atoms with van der Waals surface area (Å²) in [5.74, 6) is 2.05. The maximum atomic E-state index is 2.46. The SMILES string of the molecule is [CH]1CC2CC=CCC2C1. The number of hydrogen-bond donors (Lipinski definition) is 0. The molecule has 1 radical (unpaired) electrons. The van der Waals surface area contributed by atoms with Crippen LogP contribution in [0.5, 0.6) is 0 Å². The van der Waals surface area contributed by atoms with E-state index in [2.05, 4.69) is 18.6 Å². The van der Waals surface area contributed by atoms with E-state index in [4.69, 9.17) is 0 Å². The van der Waals surface area contributed by atoms with E-state index in [0.29, 0.717) is 0 Å². The molecule has 9 heavy (non-hydrogen) atoms. The predicted octanol–water partition coefficient (Wildman–Crippen LogP) is 2.57. The summed E-state index contributed by atoms with van der Waals surface area (Å²) in [5, 5.41) is 0. The van der Waals surface area contributed by atoms with Gasteiger partial charge in [-0.25, -0.2) is 0 Å². The molecule has 2 aliphatic carbocycles. The van der Waals surface area contributed by atoms with Gasteiger partial charge in [-0.2, -0.15) is 0 Å². The molecule has 2 atom stereocenters. The summed E-state index contributed by atoms with van der Waals surface area (Å²) in [6, 6.07) is 0. The fourth-order valence-corrected chi connectivity index (χ4v) is 2.03. The van der Waals surface area contributed by atoms with Gasteiger partial charge >= 0.3 is 0 Å². The van der Waals surface area contributed by atoms with Gasteiger partial charge in [0.15, 0.2) is 0 Å². The summed E-state index contributed by atoms with van der Waals surface area (Å²) in [6.07, 6.45) is 12.6. The molecule has 0 nitrogen and oxygen atoms in total. The summed E-state index contributed by atoms with van der Waals surface area (Å²) in [5.41, 5.74) is 0.